The third-order valence-corrected chi connectivity index (χ3v) is 2.75. The Hall–Kier alpha value is -2.10. The summed E-state index contributed by atoms with van der Waals surface area (Å²) in [6.45, 7) is 0. The zero-order valence-electron chi connectivity index (χ0n) is 9.17. The summed E-state index contributed by atoms with van der Waals surface area (Å²) in [5.41, 5.74) is 0.583. The summed E-state index contributed by atoms with van der Waals surface area (Å²) in [6.07, 6.45) is 3.78. The first kappa shape index (κ1) is 11.4. The van der Waals surface area contributed by atoms with Crippen LogP contribution in [0.25, 0.3) is 0 Å². The Morgan fingerprint density at radius 3 is 2.47 bits per heavy atom. The van der Waals surface area contributed by atoms with Gasteiger partial charge in [-0.1, -0.05) is 30.4 Å². The van der Waals surface area contributed by atoms with Gasteiger partial charge in [-0.15, -0.1) is 0 Å². The Kier molecular flexibility index (Phi) is 3.23. The van der Waals surface area contributed by atoms with Crippen molar-refractivity contribution in [2.24, 2.45) is 5.92 Å². The average molecular weight is 231 g/mol. The monoisotopic (exact) mass is 231 g/mol. The van der Waals surface area contributed by atoms with E-state index in [4.69, 9.17) is 5.11 Å². The third-order valence-electron chi connectivity index (χ3n) is 2.75. The highest BCUT2D eigenvalue weighted by molar-refractivity contribution is 5.94. The summed E-state index contributed by atoms with van der Waals surface area (Å²) < 4.78 is 0. The topological polar surface area (TPSA) is 66.4 Å². The van der Waals surface area contributed by atoms with Crippen molar-refractivity contribution in [3.05, 3.63) is 48.0 Å². The molecule has 0 aromatic heterocycles. The molecule has 0 heterocycles. The van der Waals surface area contributed by atoms with Crippen molar-refractivity contribution in [1.82, 2.24) is 5.32 Å². The molecule has 1 aromatic rings. The Labute approximate surface area is 99.0 Å². The second-order valence-corrected chi connectivity index (χ2v) is 4.01. The average Bonchev–Trinajstić information content (AvgIpc) is 2.79. The van der Waals surface area contributed by atoms with E-state index in [-0.39, 0.29) is 11.9 Å². The lowest BCUT2D eigenvalue weighted by atomic mass is 10.1. The SMILES string of the molecule is O=C(N[C@H]1C=C[C@@H](C(=O)O)C1)c1ccccc1. The van der Waals surface area contributed by atoms with Gasteiger partial charge in [0.1, 0.15) is 0 Å². The fourth-order valence-electron chi connectivity index (χ4n) is 1.83. The molecule has 0 bridgehead atoms. The van der Waals surface area contributed by atoms with E-state index >= 15 is 0 Å². The number of carbonyl (C=O) groups excluding carboxylic acids is 1. The first-order valence-electron chi connectivity index (χ1n) is 5.44. The van der Waals surface area contributed by atoms with Gasteiger partial charge in [0.2, 0.25) is 0 Å². The van der Waals surface area contributed by atoms with Crippen molar-refractivity contribution >= 4 is 11.9 Å². The van der Waals surface area contributed by atoms with E-state index < -0.39 is 11.9 Å². The fraction of sp³-hybridized carbons (Fsp3) is 0.231. The van der Waals surface area contributed by atoms with Crippen LogP contribution in [0.2, 0.25) is 0 Å². The zero-order valence-corrected chi connectivity index (χ0v) is 9.17. The molecule has 0 fully saturated rings. The van der Waals surface area contributed by atoms with Crippen LogP contribution in [0.1, 0.15) is 16.8 Å². The maximum Gasteiger partial charge on any atom is 0.310 e. The molecule has 1 amide bonds. The van der Waals surface area contributed by atoms with Crippen LogP contribution in [0, 0.1) is 5.92 Å². The summed E-state index contributed by atoms with van der Waals surface area (Å²) in [7, 11) is 0. The Morgan fingerprint density at radius 2 is 1.88 bits per heavy atom. The standard InChI is InChI=1S/C13H13NO3/c15-12(9-4-2-1-3-5-9)14-11-7-6-10(8-11)13(16)17/h1-7,10-11H,8H2,(H,14,15)(H,16,17)/t10-,11+/m1/s1. The number of carbonyl (C=O) groups is 2. The molecule has 4 nitrogen and oxygen atoms in total. The first-order chi connectivity index (χ1) is 8.16. The van der Waals surface area contributed by atoms with E-state index in [9.17, 15) is 9.59 Å². The molecular formula is C13H13NO3. The van der Waals surface area contributed by atoms with Crippen LogP contribution in [-0.2, 0) is 4.79 Å². The van der Waals surface area contributed by atoms with E-state index in [2.05, 4.69) is 5.32 Å². The molecule has 0 saturated carbocycles. The van der Waals surface area contributed by atoms with Gasteiger partial charge < -0.3 is 10.4 Å². The summed E-state index contributed by atoms with van der Waals surface area (Å²) >= 11 is 0. The maximum absolute atomic E-state index is 11.8. The molecule has 1 aliphatic rings. The molecule has 0 spiro atoms. The molecule has 2 rings (SSSR count). The van der Waals surface area contributed by atoms with Gasteiger partial charge in [0.15, 0.2) is 0 Å². The summed E-state index contributed by atoms with van der Waals surface area (Å²) in [4.78, 5) is 22.5. The highest BCUT2D eigenvalue weighted by Crippen LogP contribution is 2.18. The minimum absolute atomic E-state index is 0.175. The maximum atomic E-state index is 11.8. The molecule has 0 saturated heterocycles. The van der Waals surface area contributed by atoms with Crippen molar-refractivity contribution < 1.29 is 14.7 Å². The molecule has 88 valence electrons. The van der Waals surface area contributed by atoms with Gasteiger partial charge in [-0.05, 0) is 18.6 Å². The van der Waals surface area contributed by atoms with E-state index in [1.54, 1.807) is 36.4 Å². The molecule has 2 atom stereocenters. The predicted molar refractivity (Wildman–Crippen MR) is 62.6 cm³/mol. The Bertz CT molecular complexity index is 453. The summed E-state index contributed by atoms with van der Waals surface area (Å²) in [5.74, 6) is -1.51. The van der Waals surface area contributed by atoms with Gasteiger partial charge >= 0.3 is 5.97 Å². The highest BCUT2D eigenvalue weighted by atomic mass is 16.4. The second-order valence-electron chi connectivity index (χ2n) is 4.01. The van der Waals surface area contributed by atoms with Gasteiger partial charge in [0, 0.05) is 11.6 Å². The number of carboxylic acid groups (broad SMARTS) is 1. The number of amides is 1. The first-order valence-corrected chi connectivity index (χ1v) is 5.44. The Morgan fingerprint density at radius 1 is 1.18 bits per heavy atom. The van der Waals surface area contributed by atoms with Gasteiger partial charge in [-0.25, -0.2) is 0 Å². The lowest BCUT2D eigenvalue weighted by Gasteiger charge is -2.11. The molecular weight excluding hydrogens is 218 g/mol. The number of benzene rings is 1. The molecule has 17 heavy (non-hydrogen) atoms. The van der Waals surface area contributed by atoms with E-state index in [0.717, 1.165) is 0 Å². The van der Waals surface area contributed by atoms with Gasteiger partial charge in [0.25, 0.3) is 5.91 Å². The van der Waals surface area contributed by atoms with Crippen LogP contribution in [0.15, 0.2) is 42.5 Å². The van der Waals surface area contributed by atoms with Crippen molar-refractivity contribution in [2.75, 3.05) is 0 Å². The van der Waals surface area contributed by atoms with E-state index in [0.29, 0.717) is 12.0 Å². The predicted octanol–water partition coefficient (Wildman–Crippen LogP) is 1.45. The quantitative estimate of drug-likeness (QED) is 0.774. The number of hydrogen-bond donors (Lipinski definition) is 2. The zero-order chi connectivity index (χ0) is 12.3. The molecule has 2 N–H and O–H groups in total. The lowest BCUT2D eigenvalue weighted by molar-refractivity contribution is -0.140. The van der Waals surface area contributed by atoms with Crippen molar-refractivity contribution in [1.29, 1.82) is 0 Å². The highest BCUT2D eigenvalue weighted by Gasteiger charge is 2.25. The second kappa shape index (κ2) is 4.82. The Balaban J connectivity index is 1.94. The fourth-order valence-corrected chi connectivity index (χ4v) is 1.83. The third kappa shape index (κ3) is 2.72. The molecule has 1 aliphatic carbocycles. The number of hydrogen-bond acceptors (Lipinski definition) is 2. The van der Waals surface area contributed by atoms with Gasteiger partial charge in [-0.3, -0.25) is 9.59 Å². The number of nitrogens with one attached hydrogen (secondary N) is 1. The smallest absolute Gasteiger partial charge is 0.310 e. The minimum atomic E-state index is -0.849. The van der Waals surface area contributed by atoms with Crippen LogP contribution in [0.3, 0.4) is 0 Å². The molecule has 0 radical (unpaired) electrons. The molecule has 4 heteroatoms. The van der Waals surface area contributed by atoms with Crippen LogP contribution in [0.4, 0.5) is 0 Å². The lowest BCUT2D eigenvalue weighted by Crippen LogP contribution is -2.33. The molecule has 0 unspecified atom stereocenters. The van der Waals surface area contributed by atoms with Gasteiger partial charge in [-0.2, -0.15) is 0 Å². The normalized spacial score (nSPS) is 22.4. The number of rotatable bonds is 3. The van der Waals surface area contributed by atoms with Crippen LogP contribution in [0.5, 0.6) is 0 Å². The largest absolute Gasteiger partial charge is 0.481 e. The van der Waals surface area contributed by atoms with Crippen LogP contribution < -0.4 is 5.32 Å². The van der Waals surface area contributed by atoms with E-state index in [1.165, 1.54) is 0 Å². The minimum Gasteiger partial charge on any atom is -0.481 e. The summed E-state index contributed by atoms with van der Waals surface area (Å²) in [5, 5.41) is 11.6. The summed E-state index contributed by atoms with van der Waals surface area (Å²) in [6, 6.07) is 8.68. The van der Waals surface area contributed by atoms with Crippen molar-refractivity contribution in [2.45, 2.75) is 12.5 Å². The molecule has 0 aliphatic heterocycles. The van der Waals surface area contributed by atoms with E-state index in [1.807, 2.05) is 6.07 Å². The number of carboxylic acids is 1. The van der Waals surface area contributed by atoms with Crippen molar-refractivity contribution in [3.63, 3.8) is 0 Å². The van der Waals surface area contributed by atoms with Crippen LogP contribution in [-0.4, -0.2) is 23.0 Å². The van der Waals surface area contributed by atoms with Crippen LogP contribution >= 0.6 is 0 Å². The molecule has 1 aromatic carbocycles. The number of aliphatic carboxylic acids is 1. The van der Waals surface area contributed by atoms with Gasteiger partial charge in [0.05, 0.1) is 5.92 Å². The van der Waals surface area contributed by atoms with Crippen molar-refractivity contribution in [3.8, 4) is 0 Å².